The standard InChI is InChI=1S/C8H11ClN2O/c1-8(2-3-8)4-5-6(9)7(10)11-12-5/h2-4H2,1H3,(H2,10,11). The molecule has 0 atom stereocenters. The van der Waals surface area contributed by atoms with Crippen molar-refractivity contribution in [1.82, 2.24) is 5.16 Å². The van der Waals surface area contributed by atoms with E-state index in [0.29, 0.717) is 16.3 Å². The zero-order valence-corrected chi connectivity index (χ0v) is 7.69. The molecule has 2 N–H and O–H groups in total. The first-order valence-corrected chi connectivity index (χ1v) is 4.38. The molecule has 12 heavy (non-hydrogen) atoms. The molecule has 0 aliphatic heterocycles. The summed E-state index contributed by atoms with van der Waals surface area (Å²) in [6.07, 6.45) is 3.34. The molecule has 1 fully saturated rings. The minimum atomic E-state index is 0.302. The lowest BCUT2D eigenvalue weighted by molar-refractivity contribution is 0.361. The lowest BCUT2D eigenvalue weighted by atomic mass is 10.0. The smallest absolute Gasteiger partial charge is 0.185 e. The van der Waals surface area contributed by atoms with Crippen LogP contribution in [0.5, 0.6) is 0 Å². The van der Waals surface area contributed by atoms with Crippen LogP contribution in [0.3, 0.4) is 0 Å². The number of hydrogen-bond donors (Lipinski definition) is 1. The van der Waals surface area contributed by atoms with Crippen LogP contribution in [-0.4, -0.2) is 5.16 Å². The molecule has 0 spiro atoms. The highest BCUT2D eigenvalue weighted by atomic mass is 35.5. The van der Waals surface area contributed by atoms with Crippen LogP contribution < -0.4 is 5.73 Å². The fourth-order valence-electron chi connectivity index (χ4n) is 1.21. The van der Waals surface area contributed by atoms with E-state index >= 15 is 0 Å². The summed E-state index contributed by atoms with van der Waals surface area (Å²) >= 11 is 5.86. The van der Waals surface area contributed by atoms with Crippen molar-refractivity contribution in [2.75, 3.05) is 5.73 Å². The largest absolute Gasteiger partial charge is 0.380 e. The molecule has 1 aromatic heterocycles. The summed E-state index contributed by atoms with van der Waals surface area (Å²) in [5.41, 5.74) is 5.83. The number of nitrogens with zero attached hydrogens (tertiary/aromatic N) is 1. The van der Waals surface area contributed by atoms with Gasteiger partial charge in [-0.2, -0.15) is 0 Å². The molecule has 0 bridgehead atoms. The van der Waals surface area contributed by atoms with E-state index in [1.807, 2.05) is 0 Å². The summed E-state index contributed by atoms with van der Waals surface area (Å²) in [6.45, 7) is 2.21. The summed E-state index contributed by atoms with van der Waals surface area (Å²) in [5.74, 6) is 1.03. The molecule has 1 aliphatic carbocycles. The summed E-state index contributed by atoms with van der Waals surface area (Å²) < 4.78 is 5.00. The van der Waals surface area contributed by atoms with Crippen LogP contribution in [-0.2, 0) is 6.42 Å². The second kappa shape index (κ2) is 2.39. The third-order valence-electron chi connectivity index (χ3n) is 2.41. The van der Waals surface area contributed by atoms with Gasteiger partial charge in [-0.1, -0.05) is 23.7 Å². The topological polar surface area (TPSA) is 52.0 Å². The van der Waals surface area contributed by atoms with Gasteiger partial charge < -0.3 is 10.3 Å². The van der Waals surface area contributed by atoms with Gasteiger partial charge in [-0.25, -0.2) is 0 Å². The van der Waals surface area contributed by atoms with Crippen molar-refractivity contribution in [1.29, 1.82) is 0 Å². The van der Waals surface area contributed by atoms with Crippen LogP contribution in [0.2, 0.25) is 5.02 Å². The van der Waals surface area contributed by atoms with E-state index in [1.54, 1.807) is 0 Å². The molecule has 0 aromatic carbocycles. The van der Waals surface area contributed by atoms with E-state index < -0.39 is 0 Å². The SMILES string of the molecule is CC1(Cc2onc(N)c2Cl)CC1. The third kappa shape index (κ3) is 1.29. The molecule has 0 radical (unpaired) electrons. The van der Waals surface area contributed by atoms with Crippen LogP contribution in [0.15, 0.2) is 4.52 Å². The Kier molecular flexibility index (Phi) is 1.58. The van der Waals surface area contributed by atoms with Crippen LogP contribution in [0.4, 0.5) is 5.82 Å². The molecule has 1 aliphatic rings. The van der Waals surface area contributed by atoms with Crippen LogP contribution in [0.1, 0.15) is 25.5 Å². The van der Waals surface area contributed by atoms with Crippen LogP contribution in [0, 0.1) is 5.41 Å². The number of halogens is 1. The third-order valence-corrected chi connectivity index (χ3v) is 2.82. The van der Waals surface area contributed by atoms with Gasteiger partial charge in [0.1, 0.15) is 5.02 Å². The molecular formula is C8H11ClN2O. The van der Waals surface area contributed by atoms with Gasteiger partial charge in [-0.3, -0.25) is 0 Å². The number of anilines is 1. The lowest BCUT2D eigenvalue weighted by Crippen LogP contribution is -1.97. The maximum absolute atomic E-state index is 5.86. The highest BCUT2D eigenvalue weighted by Crippen LogP contribution is 2.48. The predicted molar refractivity (Wildman–Crippen MR) is 47.0 cm³/mol. The first-order chi connectivity index (χ1) is 5.61. The lowest BCUT2D eigenvalue weighted by Gasteiger charge is -2.02. The van der Waals surface area contributed by atoms with Crippen molar-refractivity contribution >= 4 is 17.4 Å². The van der Waals surface area contributed by atoms with E-state index in [1.165, 1.54) is 12.8 Å². The highest BCUT2D eigenvalue weighted by Gasteiger charge is 2.39. The van der Waals surface area contributed by atoms with Crippen molar-refractivity contribution in [3.8, 4) is 0 Å². The predicted octanol–water partition coefficient (Wildman–Crippen LogP) is 2.25. The normalized spacial score (nSPS) is 19.5. The average Bonchev–Trinajstić information content (AvgIpc) is 2.68. The Morgan fingerprint density at radius 3 is 2.75 bits per heavy atom. The monoisotopic (exact) mass is 186 g/mol. The molecule has 0 amide bonds. The van der Waals surface area contributed by atoms with Gasteiger partial charge in [0.25, 0.3) is 0 Å². The van der Waals surface area contributed by atoms with E-state index in [4.69, 9.17) is 21.9 Å². The zero-order valence-electron chi connectivity index (χ0n) is 6.93. The molecule has 4 heteroatoms. The molecule has 2 rings (SSSR count). The van der Waals surface area contributed by atoms with Crippen LogP contribution >= 0.6 is 11.6 Å². The fraction of sp³-hybridized carbons (Fsp3) is 0.625. The second-order valence-electron chi connectivity index (χ2n) is 3.79. The van der Waals surface area contributed by atoms with Gasteiger partial charge in [0.05, 0.1) is 0 Å². The van der Waals surface area contributed by atoms with Gasteiger partial charge >= 0.3 is 0 Å². The Bertz CT molecular complexity index is 304. The van der Waals surface area contributed by atoms with Crippen molar-refractivity contribution in [3.63, 3.8) is 0 Å². The van der Waals surface area contributed by atoms with Gasteiger partial charge in [-0.05, 0) is 18.3 Å². The Balaban J connectivity index is 2.17. The van der Waals surface area contributed by atoms with Crippen LogP contribution in [0.25, 0.3) is 0 Å². The average molecular weight is 187 g/mol. The molecule has 1 aromatic rings. The maximum Gasteiger partial charge on any atom is 0.185 e. The quantitative estimate of drug-likeness (QED) is 0.771. The summed E-state index contributed by atoms with van der Waals surface area (Å²) in [5, 5.41) is 4.09. The van der Waals surface area contributed by atoms with Gasteiger partial charge in [0, 0.05) is 6.42 Å². The molecular weight excluding hydrogens is 176 g/mol. The Morgan fingerprint density at radius 1 is 1.67 bits per heavy atom. The van der Waals surface area contributed by atoms with E-state index in [2.05, 4.69) is 12.1 Å². The Morgan fingerprint density at radius 2 is 2.33 bits per heavy atom. The summed E-state index contributed by atoms with van der Waals surface area (Å²) in [6, 6.07) is 0. The van der Waals surface area contributed by atoms with E-state index in [0.717, 1.165) is 12.2 Å². The maximum atomic E-state index is 5.86. The number of rotatable bonds is 2. The molecule has 0 saturated heterocycles. The number of hydrogen-bond acceptors (Lipinski definition) is 3. The summed E-state index contributed by atoms with van der Waals surface area (Å²) in [7, 11) is 0. The second-order valence-corrected chi connectivity index (χ2v) is 4.17. The first kappa shape index (κ1) is 7.92. The number of nitrogens with two attached hydrogens (primary N) is 1. The molecule has 0 unspecified atom stereocenters. The molecule has 1 saturated carbocycles. The van der Waals surface area contributed by atoms with Gasteiger partial charge in [0.2, 0.25) is 0 Å². The number of aromatic nitrogens is 1. The van der Waals surface area contributed by atoms with Gasteiger partial charge in [-0.15, -0.1) is 0 Å². The molecule has 3 nitrogen and oxygen atoms in total. The Hall–Kier alpha value is -0.700. The van der Waals surface area contributed by atoms with E-state index in [-0.39, 0.29) is 0 Å². The Labute approximate surface area is 75.9 Å². The first-order valence-electron chi connectivity index (χ1n) is 4.00. The van der Waals surface area contributed by atoms with Crippen molar-refractivity contribution in [3.05, 3.63) is 10.8 Å². The zero-order chi connectivity index (χ0) is 8.77. The van der Waals surface area contributed by atoms with Crippen molar-refractivity contribution in [2.45, 2.75) is 26.2 Å². The molecule has 1 heterocycles. The highest BCUT2D eigenvalue weighted by molar-refractivity contribution is 6.33. The van der Waals surface area contributed by atoms with Gasteiger partial charge in [0.15, 0.2) is 11.6 Å². The summed E-state index contributed by atoms with van der Waals surface area (Å²) in [4.78, 5) is 0. The van der Waals surface area contributed by atoms with E-state index in [9.17, 15) is 0 Å². The minimum Gasteiger partial charge on any atom is -0.380 e. The van der Waals surface area contributed by atoms with Crippen molar-refractivity contribution in [2.24, 2.45) is 5.41 Å². The fourth-order valence-corrected chi connectivity index (χ4v) is 1.35. The minimum absolute atomic E-state index is 0.302. The van der Waals surface area contributed by atoms with Crippen molar-refractivity contribution < 1.29 is 4.52 Å². The number of nitrogen functional groups attached to an aromatic ring is 1. The molecule has 66 valence electrons.